The van der Waals surface area contributed by atoms with Gasteiger partial charge in [-0.05, 0) is 18.4 Å². The van der Waals surface area contributed by atoms with Gasteiger partial charge in [0.25, 0.3) is 0 Å². The van der Waals surface area contributed by atoms with Crippen molar-refractivity contribution in [3.63, 3.8) is 0 Å². The fraction of sp³-hybridized carbons (Fsp3) is 0.636. The number of H-pyrrole nitrogens is 1. The van der Waals surface area contributed by atoms with Crippen molar-refractivity contribution >= 4 is 5.91 Å². The van der Waals surface area contributed by atoms with E-state index in [4.69, 9.17) is 0 Å². The first-order valence-electron chi connectivity index (χ1n) is 5.61. The predicted octanol–water partition coefficient (Wildman–Crippen LogP) is 0.181. The molecule has 2 N–H and O–H groups in total. The third kappa shape index (κ3) is 2.09. The van der Waals surface area contributed by atoms with E-state index in [2.05, 4.69) is 17.1 Å². The fourth-order valence-corrected chi connectivity index (χ4v) is 2.24. The Balaban J connectivity index is 1.99. The highest BCUT2D eigenvalue weighted by molar-refractivity contribution is 5.79. The maximum Gasteiger partial charge on any atom is 0.228 e. The van der Waals surface area contributed by atoms with Crippen molar-refractivity contribution in [1.29, 1.82) is 0 Å². The summed E-state index contributed by atoms with van der Waals surface area (Å²) in [4.78, 5) is 13.8. The van der Waals surface area contributed by atoms with Crippen LogP contribution in [-0.2, 0) is 11.2 Å². The van der Waals surface area contributed by atoms with E-state index < -0.39 is 0 Å². The standard InChI is InChI=1S/C11H17N3O2/c1-8-3-5-14(10(8)7-15)11(16)6-9-2-4-12-13-9/h2,4,8,10,15H,3,5-7H2,1H3,(H,12,13). The fourth-order valence-electron chi connectivity index (χ4n) is 2.24. The number of amides is 1. The first-order valence-corrected chi connectivity index (χ1v) is 5.61. The monoisotopic (exact) mass is 223 g/mol. The topological polar surface area (TPSA) is 69.2 Å². The Morgan fingerprint density at radius 2 is 2.56 bits per heavy atom. The number of aromatic nitrogens is 2. The summed E-state index contributed by atoms with van der Waals surface area (Å²) in [5.41, 5.74) is 0.821. The summed E-state index contributed by atoms with van der Waals surface area (Å²) in [6.07, 6.45) is 2.95. The van der Waals surface area contributed by atoms with Gasteiger partial charge in [0, 0.05) is 18.4 Å². The molecule has 1 saturated heterocycles. The lowest BCUT2D eigenvalue weighted by Crippen LogP contribution is -2.40. The van der Waals surface area contributed by atoms with Gasteiger partial charge in [0.05, 0.1) is 19.1 Å². The molecule has 0 aromatic carbocycles. The molecule has 1 aromatic heterocycles. The maximum absolute atomic E-state index is 12.0. The van der Waals surface area contributed by atoms with Crippen LogP contribution < -0.4 is 0 Å². The summed E-state index contributed by atoms with van der Waals surface area (Å²) in [5, 5.41) is 15.9. The smallest absolute Gasteiger partial charge is 0.228 e. The Hall–Kier alpha value is -1.36. The molecule has 2 unspecified atom stereocenters. The lowest BCUT2D eigenvalue weighted by molar-refractivity contribution is -0.132. The molecule has 5 nitrogen and oxygen atoms in total. The number of aliphatic hydroxyl groups excluding tert-OH is 1. The summed E-state index contributed by atoms with van der Waals surface area (Å²) < 4.78 is 0. The Morgan fingerprint density at radius 3 is 3.19 bits per heavy atom. The van der Waals surface area contributed by atoms with E-state index in [1.807, 2.05) is 0 Å². The van der Waals surface area contributed by atoms with Crippen LogP contribution >= 0.6 is 0 Å². The van der Waals surface area contributed by atoms with Crippen LogP contribution in [-0.4, -0.2) is 45.3 Å². The largest absolute Gasteiger partial charge is 0.394 e. The zero-order chi connectivity index (χ0) is 11.5. The van der Waals surface area contributed by atoms with Crippen LogP contribution in [0.5, 0.6) is 0 Å². The number of aromatic amines is 1. The van der Waals surface area contributed by atoms with Crippen molar-refractivity contribution in [2.45, 2.75) is 25.8 Å². The third-order valence-corrected chi connectivity index (χ3v) is 3.29. The van der Waals surface area contributed by atoms with Crippen LogP contribution in [0.2, 0.25) is 0 Å². The van der Waals surface area contributed by atoms with Crippen molar-refractivity contribution in [2.75, 3.05) is 13.2 Å². The number of carbonyl (C=O) groups excluding carboxylic acids is 1. The van der Waals surface area contributed by atoms with Gasteiger partial charge in [0.2, 0.25) is 5.91 Å². The second-order valence-corrected chi connectivity index (χ2v) is 4.36. The van der Waals surface area contributed by atoms with Crippen LogP contribution in [0.25, 0.3) is 0 Å². The molecule has 0 bridgehead atoms. The molecule has 0 radical (unpaired) electrons. The van der Waals surface area contributed by atoms with Gasteiger partial charge in [-0.2, -0.15) is 5.10 Å². The number of rotatable bonds is 3. The predicted molar refractivity (Wildman–Crippen MR) is 58.7 cm³/mol. The van der Waals surface area contributed by atoms with Crippen LogP contribution in [0, 0.1) is 5.92 Å². The van der Waals surface area contributed by atoms with E-state index in [0.29, 0.717) is 12.3 Å². The summed E-state index contributed by atoms with van der Waals surface area (Å²) in [5.74, 6) is 0.448. The number of hydrogen-bond donors (Lipinski definition) is 2. The zero-order valence-corrected chi connectivity index (χ0v) is 9.39. The average molecular weight is 223 g/mol. The summed E-state index contributed by atoms with van der Waals surface area (Å²) in [6.45, 7) is 2.87. The van der Waals surface area contributed by atoms with Crippen LogP contribution in [0.3, 0.4) is 0 Å². The molecule has 0 spiro atoms. The Morgan fingerprint density at radius 1 is 1.75 bits per heavy atom. The van der Waals surface area contributed by atoms with E-state index in [1.54, 1.807) is 17.2 Å². The van der Waals surface area contributed by atoms with E-state index in [9.17, 15) is 9.90 Å². The van der Waals surface area contributed by atoms with Crippen molar-refractivity contribution in [2.24, 2.45) is 5.92 Å². The van der Waals surface area contributed by atoms with E-state index in [-0.39, 0.29) is 18.6 Å². The minimum Gasteiger partial charge on any atom is -0.394 e. The molecule has 2 atom stereocenters. The maximum atomic E-state index is 12.0. The van der Waals surface area contributed by atoms with Gasteiger partial charge in [0.1, 0.15) is 0 Å². The van der Waals surface area contributed by atoms with Crippen LogP contribution in [0.1, 0.15) is 19.0 Å². The Labute approximate surface area is 94.5 Å². The minimum absolute atomic E-state index is 0.0181. The number of nitrogens with one attached hydrogen (secondary N) is 1. The average Bonchev–Trinajstić information content (AvgIpc) is 2.87. The molecule has 1 aliphatic heterocycles. The molecule has 2 heterocycles. The molecular formula is C11H17N3O2. The number of aliphatic hydroxyl groups is 1. The molecule has 88 valence electrons. The first-order chi connectivity index (χ1) is 7.72. The second kappa shape index (κ2) is 4.65. The highest BCUT2D eigenvalue weighted by atomic mass is 16.3. The second-order valence-electron chi connectivity index (χ2n) is 4.36. The Bertz CT molecular complexity index is 350. The molecule has 1 aliphatic rings. The normalized spacial score (nSPS) is 25.0. The number of hydrogen-bond acceptors (Lipinski definition) is 3. The summed E-state index contributed by atoms with van der Waals surface area (Å²) in [7, 11) is 0. The van der Waals surface area contributed by atoms with Crippen molar-refractivity contribution in [3.8, 4) is 0 Å². The van der Waals surface area contributed by atoms with Gasteiger partial charge < -0.3 is 10.0 Å². The third-order valence-electron chi connectivity index (χ3n) is 3.29. The molecule has 0 saturated carbocycles. The van der Waals surface area contributed by atoms with Gasteiger partial charge in [-0.15, -0.1) is 0 Å². The zero-order valence-electron chi connectivity index (χ0n) is 9.39. The molecule has 1 fully saturated rings. The van der Waals surface area contributed by atoms with Crippen molar-refractivity contribution < 1.29 is 9.90 Å². The van der Waals surface area contributed by atoms with Crippen molar-refractivity contribution in [3.05, 3.63) is 18.0 Å². The minimum atomic E-state index is -0.0181. The lowest BCUT2D eigenvalue weighted by atomic mass is 10.0. The van der Waals surface area contributed by atoms with Crippen LogP contribution in [0.15, 0.2) is 12.3 Å². The van der Waals surface area contributed by atoms with E-state index >= 15 is 0 Å². The molecular weight excluding hydrogens is 206 g/mol. The summed E-state index contributed by atoms with van der Waals surface area (Å²) >= 11 is 0. The molecule has 16 heavy (non-hydrogen) atoms. The molecule has 1 amide bonds. The quantitative estimate of drug-likeness (QED) is 0.768. The van der Waals surface area contributed by atoms with Gasteiger partial charge in [0.15, 0.2) is 0 Å². The first kappa shape index (κ1) is 11.1. The molecule has 0 aliphatic carbocycles. The number of likely N-dealkylation sites (tertiary alicyclic amines) is 1. The van der Waals surface area contributed by atoms with Gasteiger partial charge in [-0.25, -0.2) is 0 Å². The van der Waals surface area contributed by atoms with Gasteiger partial charge in [-0.3, -0.25) is 9.89 Å². The summed E-state index contributed by atoms with van der Waals surface area (Å²) in [6, 6.07) is 1.78. The highest BCUT2D eigenvalue weighted by Gasteiger charge is 2.33. The SMILES string of the molecule is CC1CCN(C(=O)Cc2ccn[nH]2)C1CO. The number of carbonyl (C=O) groups is 1. The van der Waals surface area contributed by atoms with Gasteiger partial charge in [-0.1, -0.05) is 6.92 Å². The molecule has 1 aromatic rings. The molecule has 5 heteroatoms. The van der Waals surface area contributed by atoms with E-state index in [1.165, 1.54) is 0 Å². The molecule has 2 rings (SSSR count). The Kier molecular flexibility index (Phi) is 3.24. The van der Waals surface area contributed by atoms with Gasteiger partial charge >= 0.3 is 0 Å². The van der Waals surface area contributed by atoms with E-state index in [0.717, 1.165) is 18.7 Å². The van der Waals surface area contributed by atoms with Crippen LogP contribution in [0.4, 0.5) is 0 Å². The number of nitrogens with zero attached hydrogens (tertiary/aromatic N) is 2. The lowest BCUT2D eigenvalue weighted by Gasteiger charge is -2.25. The van der Waals surface area contributed by atoms with Crippen molar-refractivity contribution in [1.82, 2.24) is 15.1 Å². The highest BCUT2D eigenvalue weighted by Crippen LogP contribution is 2.23.